The van der Waals surface area contributed by atoms with Gasteiger partial charge in [0.15, 0.2) is 0 Å². The number of methoxy groups -OCH3 is 1. The first-order valence-electron chi connectivity index (χ1n) is 12.4. The van der Waals surface area contributed by atoms with Gasteiger partial charge in [-0.25, -0.2) is 4.79 Å². The maximum absolute atomic E-state index is 13.7. The number of hydrogen-bond acceptors (Lipinski definition) is 6. The third-order valence-corrected chi connectivity index (χ3v) is 7.48. The highest BCUT2D eigenvalue weighted by Gasteiger charge is 2.25. The van der Waals surface area contributed by atoms with E-state index in [0.717, 1.165) is 21.9 Å². The van der Waals surface area contributed by atoms with Crippen molar-refractivity contribution in [2.75, 3.05) is 38.2 Å². The Kier molecular flexibility index (Phi) is 7.94. The highest BCUT2D eigenvalue weighted by Crippen LogP contribution is 2.34. The first-order valence-corrected chi connectivity index (χ1v) is 13.3. The van der Waals surface area contributed by atoms with Crippen LogP contribution >= 0.6 is 11.8 Å². The predicted octanol–water partition coefficient (Wildman–Crippen LogP) is 4.42. The average molecular weight is 528 g/mol. The van der Waals surface area contributed by atoms with Crippen molar-refractivity contribution in [1.82, 2.24) is 20.0 Å². The number of piperazine rings is 1. The molecule has 194 valence electrons. The molecule has 1 aliphatic heterocycles. The quantitative estimate of drug-likeness (QED) is 0.383. The Morgan fingerprint density at radius 3 is 2.24 bits per heavy atom. The van der Waals surface area contributed by atoms with Crippen molar-refractivity contribution in [3.05, 3.63) is 107 Å². The van der Waals surface area contributed by atoms with Crippen LogP contribution in [-0.4, -0.2) is 54.0 Å². The van der Waals surface area contributed by atoms with Crippen LogP contribution in [0.25, 0.3) is 5.69 Å². The maximum atomic E-state index is 13.7. The number of anilines is 1. The van der Waals surface area contributed by atoms with Gasteiger partial charge in [-0.2, -0.15) is 9.78 Å². The zero-order valence-electron chi connectivity index (χ0n) is 21.1. The lowest BCUT2D eigenvalue weighted by molar-refractivity contribution is 0.194. The minimum atomic E-state index is -0.183. The third-order valence-electron chi connectivity index (χ3n) is 6.39. The largest absolute Gasteiger partial charge is 0.497 e. The minimum absolute atomic E-state index is 0.0843. The molecule has 38 heavy (non-hydrogen) atoms. The number of carbonyl (C=O) groups excluding carboxylic acids is 1. The average Bonchev–Trinajstić information content (AvgIpc) is 2.98. The summed E-state index contributed by atoms with van der Waals surface area (Å²) in [5, 5.41) is 7.51. The Labute approximate surface area is 225 Å². The summed E-state index contributed by atoms with van der Waals surface area (Å²) in [4.78, 5) is 31.9. The highest BCUT2D eigenvalue weighted by molar-refractivity contribution is 7.99. The van der Waals surface area contributed by atoms with Crippen molar-refractivity contribution >= 4 is 23.5 Å². The van der Waals surface area contributed by atoms with E-state index in [1.807, 2.05) is 89.8 Å². The van der Waals surface area contributed by atoms with E-state index in [1.54, 1.807) is 13.3 Å². The van der Waals surface area contributed by atoms with Gasteiger partial charge in [-0.15, -0.1) is 0 Å². The molecule has 1 aliphatic rings. The van der Waals surface area contributed by atoms with Gasteiger partial charge >= 0.3 is 6.03 Å². The van der Waals surface area contributed by atoms with E-state index in [2.05, 4.69) is 15.3 Å². The van der Waals surface area contributed by atoms with Gasteiger partial charge in [-0.05, 0) is 42.0 Å². The molecule has 0 radical (unpaired) electrons. The van der Waals surface area contributed by atoms with Gasteiger partial charge in [0.05, 0.1) is 24.7 Å². The van der Waals surface area contributed by atoms with E-state index < -0.39 is 0 Å². The van der Waals surface area contributed by atoms with Crippen LogP contribution in [0.5, 0.6) is 5.75 Å². The molecular weight excluding hydrogens is 498 g/mol. The third kappa shape index (κ3) is 5.84. The van der Waals surface area contributed by atoms with Gasteiger partial charge in [0.1, 0.15) is 10.6 Å². The maximum Gasteiger partial charge on any atom is 0.317 e. The fourth-order valence-corrected chi connectivity index (χ4v) is 5.27. The second-order valence-electron chi connectivity index (χ2n) is 8.81. The molecular formula is C29H29N5O3S. The van der Waals surface area contributed by atoms with Crippen LogP contribution < -0.4 is 20.5 Å². The standard InChI is InChI=1S/C29H29N5O3S/c1-37-24-12-14-25(15-13-24)38-27-26(21-31-34(28(27)35)23-10-6-3-7-11-23)32-16-18-33(19-17-32)29(36)30-20-22-8-4-2-5-9-22/h2-15,21H,16-20H2,1H3,(H,30,36). The minimum Gasteiger partial charge on any atom is -0.497 e. The van der Waals surface area contributed by atoms with Crippen molar-refractivity contribution < 1.29 is 9.53 Å². The molecule has 5 rings (SSSR count). The van der Waals surface area contributed by atoms with E-state index in [1.165, 1.54) is 16.4 Å². The second kappa shape index (κ2) is 11.9. The van der Waals surface area contributed by atoms with Crippen LogP contribution in [0.2, 0.25) is 0 Å². The van der Waals surface area contributed by atoms with E-state index in [9.17, 15) is 9.59 Å². The lowest BCUT2D eigenvalue weighted by Crippen LogP contribution is -2.52. The highest BCUT2D eigenvalue weighted by atomic mass is 32.2. The molecule has 9 heteroatoms. The Balaban J connectivity index is 1.35. The molecule has 0 spiro atoms. The van der Waals surface area contributed by atoms with Crippen molar-refractivity contribution in [1.29, 1.82) is 0 Å². The van der Waals surface area contributed by atoms with E-state index in [0.29, 0.717) is 43.3 Å². The van der Waals surface area contributed by atoms with Gasteiger partial charge in [0.2, 0.25) is 0 Å². The molecule has 2 heterocycles. The lowest BCUT2D eigenvalue weighted by Gasteiger charge is -2.36. The van der Waals surface area contributed by atoms with Crippen LogP contribution in [0, 0.1) is 0 Å². The van der Waals surface area contributed by atoms with Gasteiger partial charge in [0, 0.05) is 37.6 Å². The summed E-state index contributed by atoms with van der Waals surface area (Å²) in [7, 11) is 1.63. The molecule has 1 N–H and O–H groups in total. The number of nitrogens with one attached hydrogen (secondary N) is 1. The molecule has 0 saturated carbocycles. The van der Waals surface area contributed by atoms with Gasteiger partial charge in [-0.1, -0.05) is 60.3 Å². The molecule has 1 saturated heterocycles. The zero-order chi connectivity index (χ0) is 26.3. The smallest absolute Gasteiger partial charge is 0.317 e. The SMILES string of the molecule is COc1ccc(Sc2c(N3CCN(C(=O)NCc4ccccc4)CC3)cnn(-c3ccccc3)c2=O)cc1. The Morgan fingerprint density at radius 2 is 1.58 bits per heavy atom. The molecule has 4 aromatic rings. The monoisotopic (exact) mass is 527 g/mol. The fraction of sp³-hybridized carbons (Fsp3) is 0.207. The van der Waals surface area contributed by atoms with Crippen molar-refractivity contribution in [2.24, 2.45) is 0 Å². The van der Waals surface area contributed by atoms with Crippen LogP contribution in [0.15, 0.2) is 106 Å². The summed E-state index contributed by atoms with van der Waals surface area (Å²) in [6.45, 7) is 2.80. The van der Waals surface area contributed by atoms with Gasteiger partial charge in [0.25, 0.3) is 5.56 Å². The van der Waals surface area contributed by atoms with Crippen LogP contribution in [-0.2, 0) is 6.54 Å². The molecule has 8 nitrogen and oxygen atoms in total. The summed E-state index contributed by atoms with van der Waals surface area (Å²) in [6.07, 6.45) is 1.76. The van der Waals surface area contributed by atoms with Crippen molar-refractivity contribution in [3.8, 4) is 11.4 Å². The molecule has 1 fully saturated rings. The number of ether oxygens (including phenoxy) is 1. The first kappa shape index (κ1) is 25.4. The summed E-state index contributed by atoms with van der Waals surface area (Å²) in [5.74, 6) is 0.757. The van der Waals surface area contributed by atoms with Crippen LogP contribution in [0.4, 0.5) is 10.5 Å². The fourth-order valence-electron chi connectivity index (χ4n) is 4.30. The summed E-state index contributed by atoms with van der Waals surface area (Å²) in [5.41, 5.74) is 2.36. The number of para-hydroxylation sites is 1. The Morgan fingerprint density at radius 1 is 0.921 bits per heavy atom. The van der Waals surface area contributed by atoms with Crippen LogP contribution in [0.3, 0.4) is 0 Å². The normalized spacial score (nSPS) is 13.3. The number of aromatic nitrogens is 2. The van der Waals surface area contributed by atoms with Gasteiger partial charge < -0.3 is 19.9 Å². The summed E-state index contributed by atoms with van der Waals surface area (Å²) < 4.78 is 6.71. The van der Waals surface area contributed by atoms with E-state index in [-0.39, 0.29) is 11.6 Å². The number of benzene rings is 3. The van der Waals surface area contributed by atoms with Crippen molar-refractivity contribution in [3.63, 3.8) is 0 Å². The second-order valence-corrected chi connectivity index (χ2v) is 9.89. The molecule has 0 atom stereocenters. The summed E-state index contributed by atoms with van der Waals surface area (Å²) >= 11 is 1.41. The molecule has 0 aliphatic carbocycles. The molecule has 2 amide bonds. The number of amides is 2. The zero-order valence-corrected chi connectivity index (χ0v) is 21.9. The topological polar surface area (TPSA) is 79.7 Å². The number of rotatable bonds is 7. The molecule has 0 bridgehead atoms. The molecule has 3 aromatic carbocycles. The molecule has 1 aromatic heterocycles. The number of hydrogen-bond donors (Lipinski definition) is 1. The summed E-state index contributed by atoms with van der Waals surface area (Å²) in [6, 6.07) is 26.8. The predicted molar refractivity (Wildman–Crippen MR) is 149 cm³/mol. The van der Waals surface area contributed by atoms with Gasteiger partial charge in [-0.3, -0.25) is 4.79 Å². The number of urea groups is 1. The Bertz CT molecular complexity index is 1420. The van der Waals surface area contributed by atoms with Crippen LogP contribution in [0.1, 0.15) is 5.56 Å². The number of carbonyl (C=O) groups is 1. The van der Waals surface area contributed by atoms with E-state index >= 15 is 0 Å². The first-order chi connectivity index (χ1) is 18.6. The lowest BCUT2D eigenvalue weighted by atomic mass is 10.2. The van der Waals surface area contributed by atoms with Crippen molar-refractivity contribution in [2.45, 2.75) is 16.3 Å². The Hall–Kier alpha value is -4.24. The van der Waals surface area contributed by atoms with E-state index in [4.69, 9.17) is 4.74 Å². The number of nitrogens with zero attached hydrogens (tertiary/aromatic N) is 4. The molecule has 0 unspecified atom stereocenters.